The van der Waals surface area contributed by atoms with Gasteiger partial charge in [0, 0.05) is 30.6 Å². The number of likely N-dealkylation sites (N-methyl/N-ethyl adjacent to an activating group) is 1. The second-order valence-corrected chi connectivity index (χ2v) is 7.37. The molecule has 1 amide bonds. The van der Waals surface area contributed by atoms with Crippen molar-refractivity contribution in [3.05, 3.63) is 76.5 Å². The van der Waals surface area contributed by atoms with Crippen LogP contribution in [0, 0.1) is 0 Å². The maximum absolute atomic E-state index is 13.1. The summed E-state index contributed by atoms with van der Waals surface area (Å²) >= 11 is 0. The van der Waals surface area contributed by atoms with Gasteiger partial charge in [0.05, 0.1) is 16.9 Å². The fourth-order valence-electron chi connectivity index (χ4n) is 4.24. The number of H-pyrrole nitrogens is 1. The van der Waals surface area contributed by atoms with Crippen LogP contribution in [-0.2, 0) is 11.2 Å². The Morgan fingerprint density at radius 3 is 2.57 bits per heavy atom. The van der Waals surface area contributed by atoms with Gasteiger partial charge in [-0.15, -0.1) is 0 Å². The number of fused-ring (bicyclic) bond motifs is 3. The number of hydrogen-bond donors (Lipinski definition) is 1. The van der Waals surface area contributed by atoms with E-state index in [-0.39, 0.29) is 17.5 Å². The van der Waals surface area contributed by atoms with E-state index in [9.17, 15) is 9.59 Å². The summed E-state index contributed by atoms with van der Waals surface area (Å²) in [4.78, 5) is 35.9. The van der Waals surface area contributed by atoms with Gasteiger partial charge in [-0.25, -0.2) is 4.98 Å². The van der Waals surface area contributed by atoms with Crippen molar-refractivity contribution in [2.45, 2.75) is 25.4 Å². The number of carbonyl (C=O) groups is 1. The zero-order chi connectivity index (χ0) is 19.4. The normalized spacial score (nSPS) is 19.4. The summed E-state index contributed by atoms with van der Waals surface area (Å²) < 4.78 is 1.57. The van der Waals surface area contributed by atoms with Gasteiger partial charge in [-0.2, -0.15) is 0 Å². The lowest BCUT2D eigenvalue weighted by Crippen LogP contribution is -2.48. The highest BCUT2D eigenvalue weighted by Crippen LogP contribution is 2.33. The Labute approximate surface area is 161 Å². The summed E-state index contributed by atoms with van der Waals surface area (Å²) in [6.07, 6.45) is 2.56. The smallest absolute Gasteiger partial charge is 0.262 e. The van der Waals surface area contributed by atoms with Gasteiger partial charge in [-0.3, -0.25) is 14.2 Å². The van der Waals surface area contributed by atoms with E-state index >= 15 is 0 Å². The molecule has 2 aromatic carbocycles. The quantitative estimate of drug-likeness (QED) is 0.587. The van der Waals surface area contributed by atoms with Crippen LogP contribution < -0.4 is 5.56 Å². The van der Waals surface area contributed by atoms with Gasteiger partial charge < -0.3 is 9.88 Å². The Balaban J connectivity index is 1.71. The molecule has 0 fully saturated rings. The topological polar surface area (TPSA) is 71.0 Å². The molecule has 6 heteroatoms. The summed E-state index contributed by atoms with van der Waals surface area (Å²) in [5.41, 5.74) is 2.67. The van der Waals surface area contributed by atoms with Gasteiger partial charge in [0.1, 0.15) is 11.9 Å². The van der Waals surface area contributed by atoms with Crippen LogP contribution in [0.2, 0.25) is 0 Å². The van der Waals surface area contributed by atoms with Crippen molar-refractivity contribution in [2.75, 3.05) is 7.05 Å². The first-order valence-electron chi connectivity index (χ1n) is 9.39. The van der Waals surface area contributed by atoms with E-state index in [1.807, 2.05) is 42.6 Å². The summed E-state index contributed by atoms with van der Waals surface area (Å²) in [5.74, 6) is 0.570. The summed E-state index contributed by atoms with van der Waals surface area (Å²) in [5, 5.41) is 1.66. The second-order valence-electron chi connectivity index (χ2n) is 7.37. The van der Waals surface area contributed by atoms with E-state index in [1.165, 1.54) is 0 Å². The molecule has 1 aliphatic heterocycles. The second kappa shape index (κ2) is 6.05. The molecule has 2 aromatic heterocycles. The van der Waals surface area contributed by atoms with E-state index < -0.39 is 6.04 Å². The minimum Gasteiger partial charge on any atom is -0.361 e. The van der Waals surface area contributed by atoms with E-state index in [0.717, 1.165) is 16.5 Å². The number of hydrogen-bond acceptors (Lipinski definition) is 3. The van der Waals surface area contributed by atoms with Crippen LogP contribution in [0.3, 0.4) is 0 Å². The van der Waals surface area contributed by atoms with Crippen molar-refractivity contribution in [1.82, 2.24) is 19.4 Å². The Morgan fingerprint density at radius 2 is 1.75 bits per heavy atom. The standard InChI is InChI=1S/C22H20N4O2/c1-13-21(27)25(2)19(11-14-12-23-17-9-5-3-7-15(14)17)20-24-18-10-6-4-8-16(18)22(28)26(13)20/h3-10,12-13,19,23H,11H2,1-2H3/t13-,19-/m0/s1. The third-order valence-corrected chi connectivity index (χ3v) is 5.78. The molecule has 1 N–H and O–H groups in total. The first kappa shape index (κ1) is 16.7. The van der Waals surface area contributed by atoms with Crippen molar-refractivity contribution in [1.29, 1.82) is 0 Å². The molecule has 0 bridgehead atoms. The van der Waals surface area contributed by atoms with Gasteiger partial charge in [0.15, 0.2) is 0 Å². The third-order valence-electron chi connectivity index (χ3n) is 5.78. The highest BCUT2D eigenvalue weighted by molar-refractivity contribution is 5.85. The van der Waals surface area contributed by atoms with Crippen LogP contribution in [-0.4, -0.2) is 32.4 Å². The fourth-order valence-corrected chi connectivity index (χ4v) is 4.24. The van der Waals surface area contributed by atoms with E-state index in [4.69, 9.17) is 4.98 Å². The average Bonchev–Trinajstić information content (AvgIpc) is 3.12. The number of benzene rings is 2. The van der Waals surface area contributed by atoms with E-state index in [0.29, 0.717) is 23.1 Å². The van der Waals surface area contributed by atoms with Crippen LogP contribution in [0.4, 0.5) is 0 Å². The number of aromatic nitrogens is 3. The van der Waals surface area contributed by atoms with Crippen molar-refractivity contribution < 1.29 is 4.79 Å². The molecular weight excluding hydrogens is 352 g/mol. The molecule has 3 heterocycles. The number of para-hydroxylation sites is 2. The average molecular weight is 372 g/mol. The monoisotopic (exact) mass is 372 g/mol. The Morgan fingerprint density at radius 1 is 1.04 bits per heavy atom. The largest absolute Gasteiger partial charge is 0.361 e. The Hall–Kier alpha value is -3.41. The zero-order valence-electron chi connectivity index (χ0n) is 15.7. The van der Waals surface area contributed by atoms with E-state index in [2.05, 4.69) is 11.1 Å². The van der Waals surface area contributed by atoms with Gasteiger partial charge in [-0.05, 0) is 30.7 Å². The van der Waals surface area contributed by atoms with Crippen LogP contribution in [0.25, 0.3) is 21.8 Å². The number of rotatable bonds is 2. The number of aromatic amines is 1. The molecule has 5 rings (SSSR count). The minimum absolute atomic E-state index is 0.0727. The SMILES string of the molecule is C[C@H]1C(=O)N(C)[C@@H](Cc2c[nH]c3ccccc23)c2nc3ccccc3c(=O)n21. The lowest BCUT2D eigenvalue weighted by Gasteiger charge is -2.37. The molecule has 0 saturated carbocycles. The van der Waals surface area contributed by atoms with Crippen LogP contribution >= 0.6 is 0 Å². The number of nitrogens with one attached hydrogen (secondary N) is 1. The molecule has 1 aliphatic rings. The molecule has 0 aliphatic carbocycles. The molecule has 0 saturated heterocycles. The first-order valence-corrected chi connectivity index (χ1v) is 9.39. The van der Waals surface area contributed by atoms with Crippen molar-refractivity contribution in [2.24, 2.45) is 0 Å². The van der Waals surface area contributed by atoms with Crippen molar-refractivity contribution in [3.63, 3.8) is 0 Å². The third kappa shape index (κ3) is 2.30. The number of carbonyl (C=O) groups excluding carboxylic acids is 1. The molecule has 0 radical (unpaired) electrons. The molecule has 2 atom stereocenters. The summed E-state index contributed by atoms with van der Waals surface area (Å²) in [6.45, 7) is 1.77. The molecular formula is C22H20N4O2. The predicted octanol–water partition coefficient (Wildman–Crippen LogP) is 3.19. The van der Waals surface area contributed by atoms with Crippen LogP contribution in [0.1, 0.15) is 30.4 Å². The van der Waals surface area contributed by atoms with Crippen LogP contribution in [0.15, 0.2) is 59.5 Å². The lowest BCUT2D eigenvalue weighted by molar-refractivity contribution is -0.137. The lowest BCUT2D eigenvalue weighted by atomic mass is 9.99. The maximum atomic E-state index is 13.1. The Kier molecular flexibility index (Phi) is 3.62. The highest BCUT2D eigenvalue weighted by Gasteiger charge is 2.37. The van der Waals surface area contributed by atoms with Gasteiger partial charge in [0.2, 0.25) is 5.91 Å². The van der Waals surface area contributed by atoms with Crippen molar-refractivity contribution >= 4 is 27.7 Å². The van der Waals surface area contributed by atoms with Gasteiger partial charge in [0.25, 0.3) is 5.56 Å². The number of amides is 1. The zero-order valence-corrected chi connectivity index (χ0v) is 15.7. The predicted molar refractivity (Wildman–Crippen MR) is 108 cm³/mol. The van der Waals surface area contributed by atoms with Gasteiger partial charge in [-0.1, -0.05) is 30.3 Å². The molecule has 6 nitrogen and oxygen atoms in total. The molecule has 28 heavy (non-hydrogen) atoms. The molecule has 0 spiro atoms. The molecule has 0 unspecified atom stereocenters. The molecule has 4 aromatic rings. The van der Waals surface area contributed by atoms with Crippen molar-refractivity contribution in [3.8, 4) is 0 Å². The van der Waals surface area contributed by atoms with E-state index in [1.54, 1.807) is 29.5 Å². The van der Waals surface area contributed by atoms with Gasteiger partial charge >= 0.3 is 0 Å². The minimum atomic E-state index is -0.566. The fraction of sp³-hybridized carbons (Fsp3) is 0.227. The number of nitrogens with zero attached hydrogens (tertiary/aromatic N) is 3. The summed E-state index contributed by atoms with van der Waals surface area (Å²) in [7, 11) is 1.79. The van der Waals surface area contributed by atoms with Crippen LogP contribution in [0.5, 0.6) is 0 Å². The summed E-state index contributed by atoms with van der Waals surface area (Å²) in [6, 6.07) is 14.5. The maximum Gasteiger partial charge on any atom is 0.262 e. The highest BCUT2D eigenvalue weighted by atomic mass is 16.2. The molecule has 140 valence electrons. The Bertz CT molecular complexity index is 1290. The first-order chi connectivity index (χ1) is 13.6.